The van der Waals surface area contributed by atoms with Gasteiger partial charge in [0.25, 0.3) is 0 Å². The summed E-state index contributed by atoms with van der Waals surface area (Å²) in [6.07, 6.45) is 4.66. The number of pyridine rings is 1. The van der Waals surface area contributed by atoms with E-state index in [4.69, 9.17) is 38.4 Å². The molecule has 0 bridgehead atoms. The minimum absolute atomic E-state index is 0.00382. The fourth-order valence-corrected chi connectivity index (χ4v) is 7.04. The van der Waals surface area contributed by atoms with E-state index in [1.54, 1.807) is 0 Å². The molecule has 1 saturated heterocycles. The first-order valence-corrected chi connectivity index (χ1v) is 15.9. The monoisotopic (exact) mass is 656 g/mol. The van der Waals surface area contributed by atoms with E-state index >= 15 is 0 Å². The molecule has 0 amide bonds. The molecule has 1 saturated carbocycles. The van der Waals surface area contributed by atoms with Gasteiger partial charge in [0.05, 0.1) is 11.5 Å². The van der Waals surface area contributed by atoms with Crippen LogP contribution >= 0.6 is 23.2 Å². The van der Waals surface area contributed by atoms with E-state index in [0.29, 0.717) is 35.8 Å². The lowest BCUT2D eigenvalue weighted by atomic mass is 10.0. The summed E-state index contributed by atoms with van der Waals surface area (Å²) in [5, 5.41) is 0.565. The second-order valence-electron chi connectivity index (χ2n) is 10.4. The van der Waals surface area contributed by atoms with Crippen LogP contribution in [0.2, 0.25) is 10.0 Å². The Balaban J connectivity index is 1.46. The molecule has 2 heterocycles. The van der Waals surface area contributed by atoms with Gasteiger partial charge in [-0.3, -0.25) is 4.79 Å². The highest BCUT2D eigenvalue weighted by atomic mass is 35.5. The van der Waals surface area contributed by atoms with Crippen molar-refractivity contribution >= 4 is 44.9 Å². The van der Waals surface area contributed by atoms with Crippen molar-refractivity contribution in [3.05, 3.63) is 76.0 Å². The number of aromatic nitrogens is 1. The van der Waals surface area contributed by atoms with Gasteiger partial charge < -0.3 is 19.9 Å². The van der Waals surface area contributed by atoms with Crippen LogP contribution < -0.4 is 20.2 Å². The number of sulfonamides is 1. The van der Waals surface area contributed by atoms with Crippen LogP contribution in [0.25, 0.3) is 0 Å². The average Bonchev–Trinajstić information content (AvgIpc) is 3.65. The van der Waals surface area contributed by atoms with Crippen molar-refractivity contribution in [3.63, 3.8) is 0 Å². The first-order valence-electron chi connectivity index (χ1n) is 13.7. The molecule has 9 nitrogen and oxygen atoms in total. The highest BCUT2D eigenvalue weighted by Crippen LogP contribution is 2.38. The van der Waals surface area contributed by atoms with Crippen LogP contribution in [0.3, 0.4) is 0 Å². The molecule has 43 heavy (non-hydrogen) atoms. The summed E-state index contributed by atoms with van der Waals surface area (Å²) in [5.74, 6) is -0.542. The number of anilines is 1. The molecule has 2 fully saturated rings. The molecule has 2 aliphatic rings. The number of halogens is 4. The zero-order valence-corrected chi connectivity index (χ0v) is 25.2. The number of carbonyl (C=O) groups is 1. The summed E-state index contributed by atoms with van der Waals surface area (Å²) in [5.41, 5.74) is 6.98. The number of aromatic amines is 1. The second-order valence-corrected chi connectivity index (χ2v) is 13.1. The number of hydrogen-bond acceptors (Lipinski definition) is 7. The second kappa shape index (κ2) is 13.2. The van der Waals surface area contributed by atoms with E-state index in [1.807, 2.05) is 0 Å². The molecule has 0 radical (unpaired) electrons. The fraction of sp³-hybridized carbons (Fsp3) is 0.379. The largest absolute Gasteiger partial charge is 0.489 e. The number of nitrogens with zero attached hydrogens (tertiary/aromatic N) is 1. The molecular weight excluding hydrogens is 627 g/mol. The minimum Gasteiger partial charge on any atom is -0.489 e. The zero-order valence-electron chi connectivity index (χ0n) is 22.8. The minimum atomic E-state index is -4.03. The van der Waals surface area contributed by atoms with Crippen molar-refractivity contribution < 1.29 is 41.2 Å². The Morgan fingerprint density at radius 1 is 1.05 bits per heavy atom. The van der Waals surface area contributed by atoms with Crippen LogP contribution in [0, 0.1) is 5.92 Å². The molecule has 1 aliphatic carbocycles. The Kier molecular flexibility index (Phi) is 9.60. The summed E-state index contributed by atoms with van der Waals surface area (Å²) in [4.78, 5) is 16.5. The lowest BCUT2D eigenvalue weighted by Crippen LogP contribution is -2.41. The maximum absolute atomic E-state index is 13.7. The number of benzene rings is 2. The van der Waals surface area contributed by atoms with Crippen LogP contribution in [0.5, 0.6) is 11.5 Å². The standard InChI is InChI=1S/C29H29Cl2F2N3O6S/c30-22-14-35-15-23(31)21(22)13-26(18-5-10-25(42-29(32)33)27(12-18)40-16-17-3-4-17)41-28(37)24-2-1-11-36(24)43(38,39)20-8-6-19(34)7-9-20/h5-10,12,14-15,17,24,26,29H,1-4,11,13,16,34H2/p+1/t24-,26-/m0/s1. The molecule has 1 aromatic heterocycles. The van der Waals surface area contributed by atoms with Gasteiger partial charge in [-0.15, -0.1) is 0 Å². The van der Waals surface area contributed by atoms with Crippen LogP contribution in [0.4, 0.5) is 14.5 Å². The van der Waals surface area contributed by atoms with E-state index in [0.717, 1.165) is 17.1 Å². The molecule has 3 N–H and O–H groups in total. The van der Waals surface area contributed by atoms with E-state index in [2.05, 4.69) is 9.72 Å². The molecule has 2 atom stereocenters. The Morgan fingerprint density at radius 3 is 2.40 bits per heavy atom. The molecule has 1 aliphatic heterocycles. The average molecular weight is 658 g/mol. The van der Waals surface area contributed by atoms with E-state index in [-0.39, 0.29) is 45.8 Å². The van der Waals surface area contributed by atoms with Crippen molar-refractivity contribution in [1.29, 1.82) is 0 Å². The topological polar surface area (TPSA) is 122 Å². The smallest absolute Gasteiger partial charge is 0.387 e. The van der Waals surface area contributed by atoms with Gasteiger partial charge in [-0.1, -0.05) is 29.3 Å². The third kappa shape index (κ3) is 7.49. The summed E-state index contributed by atoms with van der Waals surface area (Å²) in [6, 6.07) is 8.91. The number of nitrogen functional groups attached to an aromatic ring is 1. The SMILES string of the molecule is Nc1ccc(S(=O)(=O)N2CCC[C@H]2C(=O)O[C@@H](Cc2c(Cl)c[nH+]cc2Cl)c2ccc(OC(F)F)c(OCC3CC3)c2)cc1. The third-order valence-electron chi connectivity index (χ3n) is 7.33. The number of alkyl halides is 2. The van der Waals surface area contributed by atoms with Gasteiger partial charge in [0, 0.05) is 24.2 Å². The van der Waals surface area contributed by atoms with Crippen molar-refractivity contribution in [1.82, 2.24) is 4.31 Å². The summed E-state index contributed by atoms with van der Waals surface area (Å²) in [7, 11) is -4.03. The molecular formula is C29H30Cl2F2N3O6S+. The molecule has 3 aromatic rings. The number of nitrogens with one attached hydrogen (secondary N) is 1. The number of nitrogens with two attached hydrogens (primary N) is 1. The number of rotatable bonds is 12. The lowest BCUT2D eigenvalue weighted by Gasteiger charge is -2.26. The quantitative estimate of drug-likeness (QED) is 0.203. The van der Waals surface area contributed by atoms with Crippen molar-refractivity contribution in [2.45, 2.75) is 55.8 Å². The highest BCUT2D eigenvalue weighted by molar-refractivity contribution is 7.89. The van der Waals surface area contributed by atoms with Crippen molar-refractivity contribution in [2.24, 2.45) is 5.92 Å². The van der Waals surface area contributed by atoms with Gasteiger partial charge in [-0.2, -0.15) is 13.1 Å². The molecule has 14 heteroatoms. The van der Waals surface area contributed by atoms with Crippen molar-refractivity contribution in [2.75, 3.05) is 18.9 Å². The third-order valence-corrected chi connectivity index (χ3v) is 9.93. The van der Waals surface area contributed by atoms with Gasteiger partial charge in [-0.05, 0) is 73.6 Å². The van der Waals surface area contributed by atoms with Gasteiger partial charge in [0.2, 0.25) is 10.0 Å². The molecule has 2 aromatic carbocycles. The fourth-order valence-electron chi connectivity index (χ4n) is 4.86. The Morgan fingerprint density at radius 2 is 1.74 bits per heavy atom. The molecule has 230 valence electrons. The van der Waals surface area contributed by atoms with E-state index < -0.39 is 34.7 Å². The van der Waals surface area contributed by atoms with E-state index in [1.165, 1.54) is 54.9 Å². The van der Waals surface area contributed by atoms with Gasteiger partial charge in [0.15, 0.2) is 23.9 Å². The maximum Gasteiger partial charge on any atom is 0.387 e. The summed E-state index contributed by atoms with van der Waals surface area (Å²) < 4.78 is 70.7. The summed E-state index contributed by atoms with van der Waals surface area (Å²) in [6.45, 7) is -2.63. The zero-order chi connectivity index (χ0) is 30.7. The highest BCUT2D eigenvalue weighted by Gasteiger charge is 2.41. The first kappa shape index (κ1) is 31.2. The van der Waals surface area contributed by atoms with E-state index in [9.17, 15) is 22.0 Å². The summed E-state index contributed by atoms with van der Waals surface area (Å²) >= 11 is 12.8. The maximum atomic E-state index is 13.7. The lowest BCUT2D eigenvalue weighted by molar-refractivity contribution is -0.377. The van der Waals surface area contributed by atoms with Gasteiger partial charge >= 0.3 is 12.6 Å². The number of esters is 1. The number of ether oxygens (including phenoxy) is 3. The van der Waals surface area contributed by atoms with Gasteiger partial charge in [-0.25, -0.2) is 13.4 Å². The molecule has 0 spiro atoms. The van der Waals surface area contributed by atoms with Crippen LogP contribution in [-0.2, 0) is 26.0 Å². The van der Waals surface area contributed by atoms with Crippen molar-refractivity contribution in [3.8, 4) is 11.5 Å². The number of H-pyrrole nitrogens is 1. The number of hydrogen-bond donors (Lipinski definition) is 1. The normalized spacial score (nSPS) is 18.0. The Hall–Kier alpha value is -3.19. The Labute approximate surface area is 257 Å². The number of carbonyl (C=O) groups excluding carboxylic acids is 1. The molecule has 0 unspecified atom stereocenters. The predicted octanol–water partition coefficient (Wildman–Crippen LogP) is 5.46. The van der Waals surface area contributed by atoms with Gasteiger partial charge in [0.1, 0.15) is 22.2 Å². The first-order chi connectivity index (χ1) is 20.5. The predicted molar refractivity (Wildman–Crippen MR) is 155 cm³/mol. The molecule has 5 rings (SSSR count). The Bertz CT molecular complexity index is 1550. The van der Waals surface area contributed by atoms with Crippen LogP contribution in [-0.4, -0.2) is 44.5 Å². The van der Waals surface area contributed by atoms with Crippen LogP contribution in [0.15, 0.2) is 59.8 Å². The van der Waals surface area contributed by atoms with Crippen LogP contribution in [0.1, 0.15) is 42.9 Å².